The Hall–Kier alpha value is -2.71. The molecule has 0 saturated carbocycles. The zero-order valence-corrected chi connectivity index (χ0v) is 34.2. The van der Waals surface area contributed by atoms with E-state index in [1.54, 1.807) is 26.3 Å². The summed E-state index contributed by atoms with van der Waals surface area (Å²) < 4.78 is 16.3. The molecule has 4 aromatic rings. The topological polar surface area (TPSA) is 18.5 Å². The molecular weight excluding hydrogens is 711 g/mol. The summed E-state index contributed by atoms with van der Waals surface area (Å²) in [5.74, 6) is 1.86. The molecule has 6 rings (SSSR count). The summed E-state index contributed by atoms with van der Waals surface area (Å²) in [6.07, 6.45) is 9.12. The predicted octanol–water partition coefficient (Wildman–Crippen LogP) is 10.7. The van der Waals surface area contributed by atoms with E-state index in [0.717, 1.165) is 24.3 Å². The van der Waals surface area contributed by atoms with E-state index in [1.807, 2.05) is 0 Å². The molecule has 0 aromatic heterocycles. The number of aryl methyl sites for hydroxylation is 2. The van der Waals surface area contributed by atoms with Crippen LogP contribution in [0.2, 0.25) is 0 Å². The number of hydrogen-bond acceptors (Lipinski definition) is 2. The molecule has 2 nitrogen and oxygen atoms in total. The maximum atomic E-state index is 5.74. The molecule has 5 heteroatoms. The van der Waals surface area contributed by atoms with Crippen molar-refractivity contribution in [3.8, 4) is 22.6 Å². The quantitative estimate of drug-likeness (QED) is 0.172. The Morgan fingerprint density at radius 3 is 1.75 bits per heavy atom. The van der Waals surface area contributed by atoms with Gasteiger partial charge in [0.05, 0.1) is 0 Å². The average Bonchev–Trinajstić information content (AvgIpc) is 3.66. The maximum Gasteiger partial charge on any atom is -0.147 e. The molecule has 0 spiro atoms. The minimum absolute atomic E-state index is 0. The first-order chi connectivity index (χ1) is 21.8. The van der Waals surface area contributed by atoms with E-state index in [-0.39, 0.29) is 35.6 Å². The zero-order valence-electron chi connectivity index (χ0n) is 30.1. The Balaban J connectivity index is 0.00000260. The average molecular weight is 761 g/mol. The molecule has 0 bridgehead atoms. The van der Waals surface area contributed by atoms with E-state index >= 15 is 0 Å². The third kappa shape index (κ3) is 7.12. The molecular formula is C43H50Cl2O2Zr. The standard InChI is InChI=1S/C21H25.C17H18O2.C5H5.2ClH.Zr/c1-20(2,3)16-7-9-18-14(12-16)11-15-13-17(21(4,5)6)8-10-19(15)18;1-12-9-14(5-7-16(12)18-3)11-15-6-8-17(19-4)13(2)10-15;1-2-4-5-3-1;;;/h7-10,12H,11H2,1-6H3;5-10H,1-4H3;1-3H,4H2;2*1H;. The van der Waals surface area contributed by atoms with Crippen LogP contribution in [-0.2, 0) is 38.5 Å². The van der Waals surface area contributed by atoms with Crippen molar-refractivity contribution in [1.82, 2.24) is 0 Å². The van der Waals surface area contributed by atoms with Crippen molar-refractivity contribution >= 4 is 31.3 Å². The maximum absolute atomic E-state index is 5.74. The molecule has 2 aliphatic carbocycles. The zero-order chi connectivity index (χ0) is 33.0. The Kier molecular flexibility index (Phi) is 11.6. The van der Waals surface area contributed by atoms with Gasteiger partial charge < -0.3 is 0 Å². The van der Waals surface area contributed by atoms with Crippen molar-refractivity contribution in [3.63, 3.8) is 0 Å². The van der Waals surface area contributed by atoms with E-state index in [9.17, 15) is 0 Å². The fourth-order valence-electron chi connectivity index (χ4n) is 7.26. The molecule has 0 aliphatic heterocycles. The van der Waals surface area contributed by atoms with Crippen LogP contribution in [0.4, 0.5) is 0 Å². The molecule has 0 N–H and O–H groups in total. The molecule has 0 unspecified atom stereocenters. The van der Waals surface area contributed by atoms with Gasteiger partial charge in [0.25, 0.3) is 0 Å². The monoisotopic (exact) mass is 758 g/mol. The normalized spacial score (nSPS) is 13.2. The van der Waals surface area contributed by atoms with Gasteiger partial charge in [-0.2, -0.15) is 0 Å². The summed E-state index contributed by atoms with van der Waals surface area (Å²) in [5.41, 5.74) is 13.9. The van der Waals surface area contributed by atoms with Crippen LogP contribution in [0, 0.1) is 13.8 Å². The Labute approximate surface area is 308 Å². The van der Waals surface area contributed by atoms with Crippen LogP contribution in [0.1, 0.15) is 92.5 Å². The second kappa shape index (κ2) is 14.6. The van der Waals surface area contributed by atoms with Gasteiger partial charge >= 0.3 is 286 Å². The summed E-state index contributed by atoms with van der Waals surface area (Å²) in [5, 5.41) is 0. The van der Waals surface area contributed by atoms with Gasteiger partial charge in [-0.15, -0.1) is 24.8 Å². The number of halogens is 2. The van der Waals surface area contributed by atoms with Crippen molar-refractivity contribution in [2.45, 2.75) is 79.1 Å². The molecule has 0 saturated heterocycles. The van der Waals surface area contributed by atoms with Crippen LogP contribution in [-0.4, -0.2) is 17.4 Å². The van der Waals surface area contributed by atoms with Crippen LogP contribution in [0.5, 0.6) is 11.5 Å². The van der Waals surface area contributed by atoms with Crippen LogP contribution >= 0.6 is 24.8 Å². The van der Waals surface area contributed by atoms with Gasteiger partial charge in [0.1, 0.15) is 0 Å². The number of ether oxygens (including phenoxy) is 2. The Morgan fingerprint density at radius 2 is 1.27 bits per heavy atom. The SMILES string of the molecule is COc1ccc([C](c2ccc(OC)c(C)c2)=[Zr]([C]2=CC=CC2)[c]2c(C(C)(C)C)ccc3c2Cc2cc(C(C)(C)C)ccc2-3)cc1C.Cl.Cl. The second-order valence-electron chi connectivity index (χ2n) is 15.0. The number of allylic oxidation sites excluding steroid dienone is 4. The fourth-order valence-corrected chi connectivity index (χ4v) is 16.1. The van der Waals surface area contributed by atoms with Gasteiger partial charge in [-0.25, -0.2) is 0 Å². The van der Waals surface area contributed by atoms with E-state index in [2.05, 4.69) is 140 Å². The van der Waals surface area contributed by atoms with E-state index < -0.39 is 21.3 Å². The van der Waals surface area contributed by atoms with E-state index in [1.165, 1.54) is 53.3 Å². The molecule has 0 heterocycles. The van der Waals surface area contributed by atoms with Crippen molar-refractivity contribution in [3.05, 3.63) is 133 Å². The van der Waals surface area contributed by atoms with Crippen molar-refractivity contribution < 1.29 is 30.7 Å². The van der Waals surface area contributed by atoms with Crippen molar-refractivity contribution in [2.24, 2.45) is 0 Å². The second-order valence-corrected chi connectivity index (χ2v) is 20.9. The molecule has 252 valence electrons. The minimum atomic E-state index is -2.90. The van der Waals surface area contributed by atoms with Crippen LogP contribution in [0.25, 0.3) is 11.1 Å². The number of hydrogen-bond donors (Lipinski definition) is 0. The van der Waals surface area contributed by atoms with E-state index in [4.69, 9.17) is 9.47 Å². The first-order valence-electron chi connectivity index (χ1n) is 16.5. The van der Waals surface area contributed by atoms with E-state index in [0.29, 0.717) is 0 Å². The molecule has 4 aromatic carbocycles. The number of methoxy groups -OCH3 is 2. The minimum Gasteiger partial charge on any atom is -0.147 e. The molecule has 48 heavy (non-hydrogen) atoms. The summed E-state index contributed by atoms with van der Waals surface area (Å²) in [6.45, 7) is 18.5. The fraction of sp³-hybridized carbons (Fsp3) is 0.326. The molecule has 0 amide bonds. The largest absolute Gasteiger partial charge is 0.147 e. The summed E-state index contributed by atoms with van der Waals surface area (Å²) >= 11 is -2.90. The van der Waals surface area contributed by atoms with Crippen LogP contribution < -0.4 is 12.7 Å². The smallest absolute Gasteiger partial charge is 0.147 e. The summed E-state index contributed by atoms with van der Waals surface area (Å²) in [4.78, 5) is 0. The third-order valence-electron chi connectivity index (χ3n) is 9.71. The van der Waals surface area contributed by atoms with Gasteiger partial charge in [-0.05, 0) is 0 Å². The summed E-state index contributed by atoms with van der Waals surface area (Å²) in [7, 11) is 3.53. The first-order valence-corrected chi connectivity index (χ1v) is 20.2. The Morgan fingerprint density at radius 1 is 0.688 bits per heavy atom. The number of benzene rings is 4. The predicted molar refractivity (Wildman–Crippen MR) is 207 cm³/mol. The van der Waals surface area contributed by atoms with Gasteiger partial charge in [0.2, 0.25) is 0 Å². The first kappa shape index (κ1) is 38.1. The third-order valence-corrected chi connectivity index (χ3v) is 17.5. The number of fused-ring (bicyclic) bond motifs is 3. The van der Waals surface area contributed by atoms with Crippen LogP contribution in [0.15, 0.2) is 88.2 Å². The van der Waals surface area contributed by atoms with Crippen molar-refractivity contribution in [2.75, 3.05) is 14.2 Å². The molecule has 0 atom stereocenters. The number of rotatable bonds is 6. The van der Waals surface area contributed by atoms with Crippen LogP contribution in [0.3, 0.4) is 0 Å². The van der Waals surface area contributed by atoms with Gasteiger partial charge in [0.15, 0.2) is 0 Å². The van der Waals surface area contributed by atoms with Gasteiger partial charge in [0, 0.05) is 0 Å². The summed E-state index contributed by atoms with van der Waals surface area (Å²) in [6, 6.07) is 25.8. The van der Waals surface area contributed by atoms with Gasteiger partial charge in [-0.1, -0.05) is 0 Å². The molecule has 2 aliphatic rings. The molecule has 0 radical (unpaired) electrons. The van der Waals surface area contributed by atoms with Crippen molar-refractivity contribution in [1.29, 1.82) is 0 Å². The molecule has 0 fully saturated rings. The Bertz CT molecular complexity index is 1900. The van der Waals surface area contributed by atoms with Gasteiger partial charge in [-0.3, -0.25) is 0 Å².